The van der Waals surface area contributed by atoms with E-state index >= 15 is 0 Å². The van der Waals surface area contributed by atoms with Crippen LogP contribution in [0.15, 0.2) is 11.6 Å². The number of carbonyl (C=O) groups is 1. The van der Waals surface area contributed by atoms with Crippen LogP contribution in [0.3, 0.4) is 0 Å². The Kier molecular flexibility index (Phi) is 4.17. The summed E-state index contributed by atoms with van der Waals surface area (Å²) < 4.78 is 0. The highest BCUT2D eigenvalue weighted by Gasteiger charge is 2.60. The van der Waals surface area contributed by atoms with Crippen LogP contribution in [0.1, 0.15) is 58.8 Å². The van der Waals surface area contributed by atoms with Gasteiger partial charge in [0.2, 0.25) is 0 Å². The zero-order valence-corrected chi connectivity index (χ0v) is 15.4. The van der Waals surface area contributed by atoms with Gasteiger partial charge in [-0.25, -0.2) is 0 Å². The van der Waals surface area contributed by atoms with Gasteiger partial charge in [-0.15, -0.1) is 0 Å². The Hall–Kier alpha value is -0.710. The van der Waals surface area contributed by atoms with Gasteiger partial charge in [0.1, 0.15) is 6.61 Å². The minimum atomic E-state index is -0.716. The summed E-state index contributed by atoms with van der Waals surface area (Å²) in [5.41, 5.74) is 1.36. The predicted molar refractivity (Wildman–Crippen MR) is 94.7 cm³/mol. The number of carbonyl (C=O) groups excluding carboxylic acids is 1. The number of rotatable bonds is 2. The zero-order chi connectivity index (χ0) is 18.0. The largest absolute Gasteiger partial charge is 0.390 e. The fourth-order valence-corrected chi connectivity index (χ4v) is 7.39. The van der Waals surface area contributed by atoms with Gasteiger partial charge >= 0.3 is 0 Å². The quantitative estimate of drug-likeness (QED) is 0.670. The fraction of sp³-hybridized carbons (Fsp3) is 0.857. The molecule has 0 bridgehead atoms. The lowest BCUT2D eigenvalue weighted by atomic mass is 9.46. The number of allylic oxidation sites excluding steroid dienone is 1. The van der Waals surface area contributed by atoms with Crippen molar-refractivity contribution in [2.75, 3.05) is 6.61 Å². The minimum Gasteiger partial charge on any atom is -0.390 e. The maximum absolute atomic E-state index is 12.3. The van der Waals surface area contributed by atoms with Gasteiger partial charge in [-0.3, -0.25) is 4.79 Å². The molecule has 25 heavy (non-hydrogen) atoms. The van der Waals surface area contributed by atoms with Gasteiger partial charge in [0, 0.05) is 5.92 Å². The topological polar surface area (TPSA) is 77.8 Å². The van der Waals surface area contributed by atoms with Crippen molar-refractivity contribution >= 4 is 5.78 Å². The summed E-state index contributed by atoms with van der Waals surface area (Å²) in [7, 11) is 0. The first-order valence-corrected chi connectivity index (χ1v) is 10.0. The van der Waals surface area contributed by atoms with Crippen molar-refractivity contribution < 1.29 is 20.1 Å². The summed E-state index contributed by atoms with van der Waals surface area (Å²) >= 11 is 0. The van der Waals surface area contributed by atoms with E-state index in [0.29, 0.717) is 24.2 Å². The molecular weight excluding hydrogens is 316 g/mol. The van der Waals surface area contributed by atoms with Crippen molar-refractivity contribution in [2.45, 2.75) is 71.0 Å². The second-order valence-electron chi connectivity index (χ2n) is 9.59. The molecule has 0 aromatic rings. The first kappa shape index (κ1) is 17.7. The Bertz CT molecular complexity index is 599. The van der Waals surface area contributed by atoms with Crippen LogP contribution in [0.2, 0.25) is 0 Å². The van der Waals surface area contributed by atoms with Crippen molar-refractivity contribution in [3.05, 3.63) is 11.6 Å². The third kappa shape index (κ3) is 2.40. The van der Waals surface area contributed by atoms with Crippen LogP contribution in [-0.2, 0) is 4.79 Å². The number of hydrogen-bond acceptors (Lipinski definition) is 4. The second kappa shape index (κ2) is 5.90. The van der Waals surface area contributed by atoms with Gasteiger partial charge in [-0.05, 0) is 73.5 Å². The average Bonchev–Trinajstić information content (AvgIpc) is 2.93. The highest BCUT2D eigenvalue weighted by Crippen LogP contribution is 2.66. The lowest BCUT2D eigenvalue weighted by Gasteiger charge is -2.58. The minimum absolute atomic E-state index is 0.0119. The van der Waals surface area contributed by atoms with Crippen LogP contribution in [0.25, 0.3) is 0 Å². The molecule has 0 radical (unpaired) electrons. The molecular formula is C21H32O4. The summed E-state index contributed by atoms with van der Waals surface area (Å²) in [5, 5.41) is 29.7. The number of Topliss-reactive ketones (excluding diaryl/α,β-unsaturated/α-hetero) is 1. The standard InChI is InChI=1S/C21H32O4/c1-20-8-7-15-13(14(20)5-6-16(20)19(25)11-22)4-3-12-9-17(23)18(24)10-21(12,15)2/h9,13-18,22-24H,3-8,10-11H2,1-2H3/t13-,14-,15-,16+,17+,18-,20-,21-/m0/s1. The molecule has 0 aliphatic heterocycles. The molecule has 0 saturated heterocycles. The van der Waals surface area contributed by atoms with Gasteiger partial charge in [0.05, 0.1) is 12.2 Å². The maximum Gasteiger partial charge on any atom is 0.161 e. The second-order valence-corrected chi connectivity index (χ2v) is 9.59. The lowest BCUT2D eigenvalue weighted by Crippen LogP contribution is -2.53. The van der Waals surface area contributed by atoms with E-state index in [2.05, 4.69) is 13.8 Å². The molecule has 3 fully saturated rings. The summed E-state index contributed by atoms with van der Waals surface area (Å²) in [4.78, 5) is 12.3. The third-order valence-corrected chi connectivity index (χ3v) is 8.68. The molecule has 4 rings (SSSR count). The van der Waals surface area contributed by atoms with Crippen molar-refractivity contribution in [2.24, 2.45) is 34.5 Å². The SMILES string of the molecule is C[C@]12CC[C@H]3[C@@H](CCC4=C[C@@H](O)[C@@H](O)C[C@@]43C)[C@@H]1CC[C@@H]2C(=O)CO. The van der Waals surface area contributed by atoms with E-state index in [1.54, 1.807) is 0 Å². The van der Waals surface area contributed by atoms with Crippen molar-refractivity contribution in [3.63, 3.8) is 0 Å². The molecule has 4 nitrogen and oxygen atoms in total. The Labute approximate surface area is 150 Å². The Morgan fingerprint density at radius 3 is 2.64 bits per heavy atom. The van der Waals surface area contributed by atoms with Gasteiger partial charge in [-0.2, -0.15) is 0 Å². The van der Waals surface area contributed by atoms with Crippen LogP contribution in [0.5, 0.6) is 0 Å². The van der Waals surface area contributed by atoms with E-state index in [4.69, 9.17) is 0 Å². The third-order valence-electron chi connectivity index (χ3n) is 8.68. The Morgan fingerprint density at radius 2 is 1.92 bits per heavy atom. The molecule has 0 heterocycles. The number of aliphatic hydroxyl groups is 3. The fourth-order valence-electron chi connectivity index (χ4n) is 7.39. The van der Waals surface area contributed by atoms with E-state index in [9.17, 15) is 20.1 Å². The number of aliphatic hydroxyl groups excluding tert-OH is 3. The van der Waals surface area contributed by atoms with Gasteiger partial charge in [-0.1, -0.05) is 25.5 Å². The maximum atomic E-state index is 12.3. The van der Waals surface area contributed by atoms with E-state index in [-0.39, 0.29) is 29.1 Å². The number of hydrogen-bond donors (Lipinski definition) is 3. The van der Waals surface area contributed by atoms with Gasteiger partial charge < -0.3 is 15.3 Å². The smallest absolute Gasteiger partial charge is 0.161 e. The van der Waals surface area contributed by atoms with Crippen LogP contribution < -0.4 is 0 Å². The molecule has 0 aromatic heterocycles. The summed E-state index contributed by atoms with van der Waals surface area (Å²) in [6, 6.07) is 0. The van der Waals surface area contributed by atoms with E-state index in [1.807, 2.05) is 6.08 Å². The predicted octanol–water partition coefficient (Wildman–Crippen LogP) is 2.46. The van der Waals surface area contributed by atoms with Crippen molar-refractivity contribution in [3.8, 4) is 0 Å². The molecule has 140 valence electrons. The molecule has 3 saturated carbocycles. The first-order valence-electron chi connectivity index (χ1n) is 10.0. The molecule has 4 heteroatoms. The Balaban J connectivity index is 1.64. The van der Waals surface area contributed by atoms with Crippen LogP contribution in [0.4, 0.5) is 0 Å². The van der Waals surface area contributed by atoms with E-state index < -0.39 is 12.2 Å². The van der Waals surface area contributed by atoms with Crippen molar-refractivity contribution in [1.29, 1.82) is 0 Å². The molecule has 3 N–H and O–H groups in total. The molecule has 8 atom stereocenters. The summed E-state index contributed by atoms with van der Waals surface area (Å²) in [6.45, 7) is 4.25. The zero-order valence-electron chi connectivity index (χ0n) is 15.4. The van der Waals surface area contributed by atoms with Crippen molar-refractivity contribution in [1.82, 2.24) is 0 Å². The lowest BCUT2D eigenvalue weighted by molar-refractivity contribution is -0.133. The highest BCUT2D eigenvalue weighted by molar-refractivity contribution is 5.83. The van der Waals surface area contributed by atoms with E-state index in [0.717, 1.165) is 38.5 Å². The summed E-state index contributed by atoms with van der Waals surface area (Å²) in [6.07, 6.45) is 7.48. The highest BCUT2D eigenvalue weighted by atomic mass is 16.3. The average molecular weight is 348 g/mol. The molecule has 0 unspecified atom stereocenters. The number of fused-ring (bicyclic) bond motifs is 5. The van der Waals surface area contributed by atoms with Gasteiger partial charge in [0.25, 0.3) is 0 Å². The van der Waals surface area contributed by atoms with Gasteiger partial charge in [0.15, 0.2) is 5.78 Å². The first-order chi connectivity index (χ1) is 11.8. The van der Waals surface area contributed by atoms with Crippen LogP contribution in [0, 0.1) is 34.5 Å². The van der Waals surface area contributed by atoms with E-state index in [1.165, 1.54) is 5.57 Å². The molecule has 4 aliphatic rings. The Morgan fingerprint density at radius 1 is 1.16 bits per heavy atom. The molecule has 4 aliphatic carbocycles. The molecule has 0 amide bonds. The van der Waals surface area contributed by atoms with Crippen LogP contribution in [-0.4, -0.2) is 39.9 Å². The molecule has 0 spiro atoms. The molecule has 0 aromatic carbocycles. The monoisotopic (exact) mass is 348 g/mol. The van der Waals surface area contributed by atoms with Crippen LogP contribution >= 0.6 is 0 Å². The summed E-state index contributed by atoms with van der Waals surface area (Å²) in [5.74, 6) is 1.74. The normalized spacial score (nSPS) is 52.0. The number of ketones is 1.